The van der Waals surface area contributed by atoms with E-state index in [1.807, 2.05) is 0 Å². The lowest BCUT2D eigenvalue weighted by Crippen LogP contribution is -2.64. The minimum absolute atomic E-state index is 0.0279. The molecule has 5 rings (SSSR count). The van der Waals surface area contributed by atoms with Crippen LogP contribution in [-0.2, 0) is 4.74 Å². The first-order valence-electron chi connectivity index (χ1n) is 14.2. The highest BCUT2D eigenvalue weighted by Crippen LogP contribution is 2.76. The largest absolute Gasteiger partial charge is 0.393 e. The highest BCUT2D eigenvalue weighted by atomic mass is 16.5. The maximum atomic E-state index is 10.9. The molecule has 3 nitrogen and oxygen atoms in total. The summed E-state index contributed by atoms with van der Waals surface area (Å²) in [6, 6.07) is 0. The Morgan fingerprint density at radius 3 is 1.88 bits per heavy atom. The summed E-state index contributed by atoms with van der Waals surface area (Å²) in [6.07, 6.45) is 11.4. The SMILES string of the molecule is CC1(C)O[C@](C)([C@H]2CC[C@]3(C)[C@@H]2CC[C@@H]2[C@@]4(C)CC[C@@H](O)C(C)(C)[C@@H]4CC[C@]23C)CC[C@@H]1O. The first kappa shape index (κ1) is 24.6. The minimum Gasteiger partial charge on any atom is -0.393 e. The average Bonchev–Trinajstić information content (AvgIpc) is 3.07. The smallest absolute Gasteiger partial charge is 0.0891 e. The molecule has 3 heteroatoms. The summed E-state index contributed by atoms with van der Waals surface area (Å²) in [5, 5.41) is 21.4. The number of rotatable bonds is 1. The van der Waals surface area contributed by atoms with Gasteiger partial charge in [0, 0.05) is 0 Å². The van der Waals surface area contributed by atoms with Crippen LogP contribution >= 0.6 is 0 Å². The van der Waals surface area contributed by atoms with Gasteiger partial charge in [-0.3, -0.25) is 0 Å². The van der Waals surface area contributed by atoms with Crippen LogP contribution in [0.15, 0.2) is 0 Å². The van der Waals surface area contributed by atoms with Gasteiger partial charge >= 0.3 is 0 Å². The lowest BCUT2D eigenvalue weighted by atomic mass is 9.35. The van der Waals surface area contributed by atoms with Gasteiger partial charge in [0.05, 0.1) is 23.4 Å². The molecule has 0 radical (unpaired) electrons. The van der Waals surface area contributed by atoms with Gasteiger partial charge in [0.15, 0.2) is 0 Å². The van der Waals surface area contributed by atoms with Crippen molar-refractivity contribution in [3.63, 3.8) is 0 Å². The van der Waals surface area contributed by atoms with E-state index in [4.69, 9.17) is 4.74 Å². The molecule has 4 saturated carbocycles. The summed E-state index contributed by atoms with van der Waals surface area (Å²) in [7, 11) is 0. The van der Waals surface area contributed by atoms with Crippen molar-refractivity contribution < 1.29 is 14.9 Å². The van der Waals surface area contributed by atoms with Crippen LogP contribution in [0.2, 0.25) is 0 Å². The molecule has 1 heterocycles. The van der Waals surface area contributed by atoms with Crippen LogP contribution in [0, 0.1) is 45.3 Å². The van der Waals surface area contributed by atoms with Gasteiger partial charge in [-0.2, -0.15) is 0 Å². The van der Waals surface area contributed by atoms with Crippen molar-refractivity contribution in [1.29, 1.82) is 0 Å². The van der Waals surface area contributed by atoms with Crippen LogP contribution in [-0.4, -0.2) is 33.6 Å². The zero-order valence-corrected chi connectivity index (χ0v) is 22.8. The van der Waals surface area contributed by atoms with Crippen LogP contribution in [0.25, 0.3) is 0 Å². The Hall–Kier alpha value is -0.120. The Morgan fingerprint density at radius 1 is 0.576 bits per heavy atom. The minimum atomic E-state index is -0.451. The summed E-state index contributed by atoms with van der Waals surface area (Å²) < 4.78 is 6.79. The maximum Gasteiger partial charge on any atom is 0.0891 e. The van der Waals surface area contributed by atoms with Gasteiger partial charge < -0.3 is 14.9 Å². The molecule has 0 amide bonds. The molecular formula is C30H52O3. The summed E-state index contributed by atoms with van der Waals surface area (Å²) in [5.74, 6) is 2.71. The molecule has 0 bridgehead atoms. The second-order valence-electron chi connectivity index (χ2n) is 15.3. The lowest BCUT2D eigenvalue weighted by molar-refractivity contribution is -0.253. The summed E-state index contributed by atoms with van der Waals surface area (Å²) in [5.41, 5.74) is 0.536. The van der Waals surface area contributed by atoms with Gasteiger partial charge in [-0.05, 0) is 130 Å². The van der Waals surface area contributed by atoms with Gasteiger partial charge in [0.1, 0.15) is 0 Å². The number of aliphatic hydroxyl groups is 2. The number of ether oxygens (including phenoxy) is 1. The van der Waals surface area contributed by atoms with E-state index in [9.17, 15) is 10.2 Å². The number of fused-ring (bicyclic) bond motifs is 5. The summed E-state index contributed by atoms with van der Waals surface area (Å²) >= 11 is 0. The van der Waals surface area contributed by atoms with Gasteiger partial charge in [0.25, 0.3) is 0 Å². The van der Waals surface area contributed by atoms with Crippen LogP contribution in [0.1, 0.15) is 120 Å². The third kappa shape index (κ3) is 3.10. The molecule has 1 aliphatic heterocycles. The van der Waals surface area contributed by atoms with Crippen molar-refractivity contribution >= 4 is 0 Å². The standard InChI is InChI=1S/C30H52O3/c1-25(2)21-12-17-29(7)22(27(21,5)15-13-23(25)31)10-9-19-20(11-16-28(19,29)6)30(8)18-14-24(32)26(3,4)33-30/h19-24,31-32H,9-18H2,1-8H3/t19-,20+,21+,22-,23-,24+,27+,28-,29-,30+/m1/s1. The molecule has 0 spiro atoms. The maximum absolute atomic E-state index is 10.9. The Balaban J connectivity index is 1.46. The van der Waals surface area contributed by atoms with Gasteiger partial charge in [0.2, 0.25) is 0 Å². The van der Waals surface area contributed by atoms with E-state index < -0.39 is 5.60 Å². The number of hydrogen-bond acceptors (Lipinski definition) is 3. The molecule has 0 unspecified atom stereocenters. The molecule has 5 aliphatic rings. The van der Waals surface area contributed by atoms with Gasteiger partial charge in [-0.15, -0.1) is 0 Å². The van der Waals surface area contributed by atoms with Crippen LogP contribution in [0.5, 0.6) is 0 Å². The van der Waals surface area contributed by atoms with Crippen molar-refractivity contribution in [3.05, 3.63) is 0 Å². The van der Waals surface area contributed by atoms with E-state index in [0.29, 0.717) is 28.1 Å². The Morgan fingerprint density at radius 2 is 1.21 bits per heavy atom. The Bertz CT molecular complexity index is 789. The Kier molecular flexibility index (Phi) is 5.38. The normalized spacial score (nSPS) is 57.6. The first-order chi connectivity index (χ1) is 15.1. The third-order valence-electron chi connectivity index (χ3n) is 13.4. The fourth-order valence-corrected chi connectivity index (χ4v) is 11.2. The van der Waals surface area contributed by atoms with Crippen molar-refractivity contribution in [2.24, 2.45) is 45.3 Å². The first-order valence-corrected chi connectivity index (χ1v) is 14.2. The quantitative estimate of drug-likeness (QED) is 0.455. The van der Waals surface area contributed by atoms with Gasteiger partial charge in [-0.25, -0.2) is 0 Å². The average molecular weight is 461 g/mol. The lowest BCUT2D eigenvalue weighted by Gasteiger charge is -2.70. The van der Waals surface area contributed by atoms with Crippen molar-refractivity contribution in [3.8, 4) is 0 Å². The zero-order valence-electron chi connectivity index (χ0n) is 22.8. The highest BCUT2D eigenvalue weighted by molar-refractivity contribution is 5.18. The van der Waals surface area contributed by atoms with Crippen molar-refractivity contribution in [2.45, 2.75) is 143 Å². The predicted octanol–water partition coefficient (Wildman–Crippen LogP) is 6.74. The molecule has 4 aliphatic carbocycles. The molecule has 0 aromatic heterocycles. The summed E-state index contributed by atoms with van der Waals surface area (Å²) in [4.78, 5) is 0. The summed E-state index contributed by atoms with van der Waals surface area (Å²) in [6.45, 7) is 19.2. The van der Waals surface area contributed by atoms with E-state index in [1.54, 1.807) is 0 Å². The molecule has 10 atom stereocenters. The fraction of sp³-hybridized carbons (Fsp3) is 1.00. The van der Waals surface area contributed by atoms with Crippen molar-refractivity contribution in [1.82, 2.24) is 0 Å². The molecule has 5 fully saturated rings. The van der Waals surface area contributed by atoms with Crippen LogP contribution in [0.3, 0.4) is 0 Å². The molecular weight excluding hydrogens is 408 g/mol. The topological polar surface area (TPSA) is 49.7 Å². The van der Waals surface area contributed by atoms with Gasteiger partial charge in [-0.1, -0.05) is 34.6 Å². The Labute approximate surface area is 203 Å². The molecule has 2 N–H and O–H groups in total. The van der Waals surface area contributed by atoms with E-state index in [0.717, 1.165) is 31.1 Å². The monoisotopic (exact) mass is 460 g/mol. The molecule has 0 aromatic rings. The molecule has 0 aromatic carbocycles. The van der Waals surface area contributed by atoms with E-state index in [-0.39, 0.29) is 23.2 Å². The van der Waals surface area contributed by atoms with Crippen molar-refractivity contribution in [2.75, 3.05) is 0 Å². The molecule has 1 saturated heterocycles. The molecule has 190 valence electrons. The fourth-order valence-electron chi connectivity index (χ4n) is 11.2. The highest BCUT2D eigenvalue weighted by Gasteiger charge is 2.70. The zero-order chi connectivity index (χ0) is 24.2. The van der Waals surface area contributed by atoms with Crippen LogP contribution in [0.4, 0.5) is 0 Å². The molecule has 33 heavy (non-hydrogen) atoms. The second-order valence-corrected chi connectivity index (χ2v) is 15.3. The van der Waals surface area contributed by atoms with E-state index >= 15 is 0 Å². The number of hydrogen-bond donors (Lipinski definition) is 2. The predicted molar refractivity (Wildman–Crippen MR) is 134 cm³/mol. The third-order valence-corrected chi connectivity index (χ3v) is 13.4. The van der Waals surface area contributed by atoms with Crippen LogP contribution < -0.4 is 0 Å². The van der Waals surface area contributed by atoms with E-state index in [2.05, 4.69) is 55.4 Å². The second kappa shape index (κ2) is 7.22. The number of aliphatic hydroxyl groups excluding tert-OH is 2. The van der Waals surface area contributed by atoms with E-state index in [1.165, 1.54) is 44.9 Å².